The molecule has 6 heteroatoms. The third-order valence-corrected chi connectivity index (χ3v) is 6.50. The van der Waals surface area contributed by atoms with E-state index in [4.69, 9.17) is 25.8 Å². The molecule has 0 saturated carbocycles. The summed E-state index contributed by atoms with van der Waals surface area (Å²) in [5.41, 5.74) is 2.25. The van der Waals surface area contributed by atoms with E-state index in [0.29, 0.717) is 17.2 Å². The van der Waals surface area contributed by atoms with Gasteiger partial charge in [0.1, 0.15) is 0 Å². The number of benzene rings is 2. The number of fused-ring (bicyclic) bond motifs is 1. The summed E-state index contributed by atoms with van der Waals surface area (Å²) in [7, 11) is 4.87. The number of H-pyrrole nitrogens is 1. The molecule has 1 N–H and O–H groups in total. The van der Waals surface area contributed by atoms with E-state index in [-0.39, 0.29) is 15.0 Å². The predicted molar refractivity (Wildman–Crippen MR) is 99.2 cm³/mol. The van der Waals surface area contributed by atoms with Gasteiger partial charge < -0.3 is 0 Å². The second-order valence-corrected chi connectivity index (χ2v) is 7.94. The predicted octanol–water partition coefficient (Wildman–Crippen LogP) is 2.81. The van der Waals surface area contributed by atoms with Crippen molar-refractivity contribution in [2.45, 2.75) is 6.92 Å². The van der Waals surface area contributed by atoms with Crippen LogP contribution < -0.4 is 23.1 Å². The Labute approximate surface area is 152 Å². The van der Waals surface area contributed by atoms with Crippen LogP contribution in [0.2, 0.25) is 5.02 Å². The number of ether oxygens (including phenoxy) is 3. The molecule has 0 radical (unpaired) electrons. The number of hydrogen-bond acceptors (Lipinski definition) is 3. The van der Waals surface area contributed by atoms with Gasteiger partial charge in [-0.3, -0.25) is 0 Å². The Kier molecular flexibility index (Phi) is 4.95. The molecule has 1 heterocycles. The van der Waals surface area contributed by atoms with Gasteiger partial charge in [0.05, 0.1) is 0 Å². The van der Waals surface area contributed by atoms with Crippen LogP contribution in [-0.2, 0) is 0 Å². The van der Waals surface area contributed by atoms with Crippen molar-refractivity contribution in [1.29, 1.82) is 0 Å². The molecule has 0 saturated heterocycles. The van der Waals surface area contributed by atoms with Gasteiger partial charge in [0, 0.05) is 0 Å². The Morgan fingerprint density at radius 3 is 2.21 bits per heavy atom. The molecule has 0 fully saturated rings. The average molecular weight is 411 g/mol. The third-order valence-electron chi connectivity index (χ3n) is 3.75. The molecule has 24 heavy (non-hydrogen) atoms. The van der Waals surface area contributed by atoms with E-state index in [9.17, 15) is 0 Å². The molecule has 0 bridgehead atoms. The fraction of sp³-hybridized carbons (Fsp3) is 0.222. The van der Waals surface area contributed by atoms with Crippen molar-refractivity contribution < 1.29 is 14.2 Å². The molecule has 0 atom stereocenters. The molecule has 1 aromatic heterocycles. The van der Waals surface area contributed by atoms with Crippen LogP contribution >= 0.6 is 11.6 Å². The molecule has 2 aromatic carbocycles. The summed E-state index contributed by atoms with van der Waals surface area (Å²) in [4.78, 5) is 3.42. The molecule has 0 aliphatic heterocycles. The zero-order chi connectivity index (χ0) is 17.3. The van der Waals surface area contributed by atoms with Crippen molar-refractivity contribution in [2.24, 2.45) is 0 Å². The van der Waals surface area contributed by atoms with Crippen molar-refractivity contribution in [3.63, 3.8) is 0 Å². The van der Waals surface area contributed by atoms with Crippen molar-refractivity contribution in [3.8, 4) is 17.2 Å². The van der Waals surface area contributed by atoms with Gasteiger partial charge in [0.25, 0.3) is 0 Å². The summed E-state index contributed by atoms with van der Waals surface area (Å²) in [6, 6.07) is 9.93. The van der Waals surface area contributed by atoms with E-state index in [1.807, 2.05) is 30.3 Å². The summed E-state index contributed by atoms with van der Waals surface area (Å²) in [6.45, 7) is 2.09. The Morgan fingerprint density at radius 2 is 1.62 bits per heavy atom. The molecule has 0 amide bonds. The number of aromatic amines is 1. The molecular formula is C18H18ClNO3Se. The van der Waals surface area contributed by atoms with E-state index in [1.54, 1.807) is 21.3 Å². The summed E-state index contributed by atoms with van der Waals surface area (Å²) < 4.78 is 18.7. The maximum absolute atomic E-state index is 6.17. The van der Waals surface area contributed by atoms with Gasteiger partial charge in [-0.2, -0.15) is 0 Å². The molecule has 126 valence electrons. The normalized spacial score (nSPS) is 10.9. The third kappa shape index (κ3) is 3.07. The average Bonchev–Trinajstić information content (AvgIpc) is 2.89. The van der Waals surface area contributed by atoms with E-state index in [2.05, 4.69) is 11.9 Å². The number of hydrogen-bond donors (Lipinski definition) is 1. The van der Waals surface area contributed by atoms with Gasteiger partial charge in [-0.1, -0.05) is 0 Å². The number of aryl methyl sites for hydroxylation is 1. The first kappa shape index (κ1) is 17.0. The van der Waals surface area contributed by atoms with Gasteiger partial charge >= 0.3 is 152 Å². The van der Waals surface area contributed by atoms with Crippen LogP contribution in [0.5, 0.6) is 17.2 Å². The van der Waals surface area contributed by atoms with Crippen molar-refractivity contribution in [2.75, 3.05) is 21.3 Å². The first-order valence-electron chi connectivity index (χ1n) is 7.33. The van der Waals surface area contributed by atoms with Gasteiger partial charge in [-0.25, -0.2) is 0 Å². The molecule has 3 aromatic rings. The Balaban J connectivity index is 2.08. The van der Waals surface area contributed by atoms with Crippen LogP contribution in [0.4, 0.5) is 0 Å². The van der Waals surface area contributed by atoms with Crippen LogP contribution in [-0.4, -0.2) is 41.3 Å². The van der Waals surface area contributed by atoms with Crippen molar-refractivity contribution in [1.82, 2.24) is 4.98 Å². The summed E-state index contributed by atoms with van der Waals surface area (Å²) >= 11 is 6.24. The summed E-state index contributed by atoms with van der Waals surface area (Å²) in [5.74, 6) is 1.95. The van der Waals surface area contributed by atoms with E-state index >= 15 is 0 Å². The van der Waals surface area contributed by atoms with Gasteiger partial charge in [0.15, 0.2) is 0 Å². The Bertz CT molecular complexity index is 866. The molecule has 0 unspecified atom stereocenters. The SMILES string of the molecule is COc1cc([Se]c2c(C)[nH]c3ccc(Cl)cc23)cc(OC)c1OC. The second-order valence-electron chi connectivity index (χ2n) is 5.23. The Hall–Kier alpha value is -1.81. The molecule has 0 aliphatic carbocycles. The van der Waals surface area contributed by atoms with Crippen molar-refractivity contribution in [3.05, 3.63) is 41.0 Å². The number of nitrogens with one attached hydrogen (secondary N) is 1. The zero-order valence-electron chi connectivity index (χ0n) is 13.9. The molecule has 0 aliphatic rings. The number of aromatic nitrogens is 1. The molecule has 0 spiro atoms. The van der Waals surface area contributed by atoms with Crippen LogP contribution in [0.15, 0.2) is 30.3 Å². The minimum atomic E-state index is 0.0693. The minimum absolute atomic E-state index is 0.0693. The Morgan fingerprint density at radius 1 is 0.958 bits per heavy atom. The van der Waals surface area contributed by atoms with Gasteiger partial charge in [-0.05, 0) is 0 Å². The van der Waals surface area contributed by atoms with Gasteiger partial charge in [0.2, 0.25) is 0 Å². The zero-order valence-corrected chi connectivity index (χ0v) is 16.4. The summed E-state index contributed by atoms with van der Waals surface area (Å²) in [6.07, 6.45) is 0. The quantitative estimate of drug-likeness (QED) is 0.658. The number of rotatable bonds is 5. The van der Waals surface area contributed by atoms with Crippen LogP contribution in [0, 0.1) is 6.92 Å². The first-order chi connectivity index (χ1) is 11.6. The monoisotopic (exact) mass is 411 g/mol. The second kappa shape index (κ2) is 6.98. The topological polar surface area (TPSA) is 43.5 Å². The standard InChI is InChI=1S/C18H18ClNO3Se/c1-10-18(13-7-11(19)5-6-14(13)20-10)24-12-8-15(21-2)17(23-4)16(9-12)22-3/h5-9,20H,1-4H3. The van der Waals surface area contributed by atoms with Gasteiger partial charge in [-0.15, -0.1) is 0 Å². The number of halogens is 1. The van der Waals surface area contributed by atoms with Crippen molar-refractivity contribution >= 4 is 46.4 Å². The van der Waals surface area contributed by atoms with E-state index in [1.165, 1.54) is 4.46 Å². The fourth-order valence-corrected chi connectivity index (χ4v) is 5.02. The van der Waals surface area contributed by atoms with Crippen LogP contribution in [0.25, 0.3) is 10.9 Å². The number of methoxy groups -OCH3 is 3. The maximum atomic E-state index is 6.17. The first-order valence-corrected chi connectivity index (χ1v) is 9.42. The fourth-order valence-electron chi connectivity index (χ4n) is 2.64. The molecule has 4 nitrogen and oxygen atoms in total. The van der Waals surface area contributed by atoms with Crippen LogP contribution in [0.1, 0.15) is 5.69 Å². The van der Waals surface area contributed by atoms with E-state index in [0.717, 1.165) is 26.1 Å². The summed E-state index contributed by atoms with van der Waals surface area (Å²) in [5, 5.41) is 1.90. The molecule has 3 rings (SSSR count). The van der Waals surface area contributed by atoms with Crippen LogP contribution in [0.3, 0.4) is 0 Å². The van der Waals surface area contributed by atoms with E-state index < -0.39 is 0 Å². The molecular weight excluding hydrogens is 393 g/mol.